The van der Waals surface area contributed by atoms with Gasteiger partial charge >= 0.3 is 6.09 Å². The monoisotopic (exact) mass is 501 g/mol. The zero-order chi connectivity index (χ0) is 24.9. The largest absolute Gasteiger partial charge is 0.444 e. The van der Waals surface area contributed by atoms with Crippen molar-refractivity contribution in [3.8, 4) is 10.4 Å². The molecule has 178 valence electrons. The number of nitrogens with one attached hydrogen (secondary N) is 3. The molecule has 0 aliphatic heterocycles. The summed E-state index contributed by atoms with van der Waals surface area (Å²) < 4.78 is 5.11. The average molecular weight is 502 g/mol. The van der Waals surface area contributed by atoms with E-state index < -0.39 is 17.6 Å². The van der Waals surface area contributed by atoms with Gasteiger partial charge in [-0.25, -0.2) is 14.8 Å². The Balaban J connectivity index is 1.68. The summed E-state index contributed by atoms with van der Waals surface area (Å²) >= 11 is 7.42. The highest BCUT2D eigenvalue weighted by molar-refractivity contribution is 7.19. The Morgan fingerprint density at radius 3 is 2.50 bits per heavy atom. The van der Waals surface area contributed by atoms with Crippen LogP contribution in [0.2, 0.25) is 5.15 Å². The summed E-state index contributed by atoms with van der Waals surface area (Å²) in [7, 11) is 0. The van der Waals surface area contributed by atoms with Crippen LogP contribution in [-0.2, 0) is 9.53 Å². The first-order chi connectivity index (χ1) is 16.0. The van der Waals surface area contributed by atoms with E-state index in [9.17, 15) is 14.4 Å². The third-order valence-corrected chi connectivity index (χ3v) is 5.64. The molecule has 11 heteroatoms. The Labute approximate surface area is 205 Å². The lowest BCUT2D eigenvalue weighted by Gasteiger charge is -2.19. The maximum atomic E-state index is 12.5. The number of anilines is 2. The molecule has 0 bridgehead atoms. The van der Waals surface area contributed by atoms with Crippen molar-refractivity contribution in [3.05, 3.63) is 59.0 Å². The summed E-state index contributed by atoms with van der Waals surface area (Å²) in [6.45, 7) is 6.72. The maximum Gasteiger partial charge on any atom is 0.408 e. The normalized spacial score (nSPS) is 11.0. The maximum absolute atomic E-state index is 12.5. The van der Waals surface area contributed by atoms with Crippen LogP contribution in [0.5, 0.6) is 0 Å². The number of nitrogens with zero attached hydrogens (tertiary/aromatic N) is 2. The number of hydrogen-bond donors (Lipinski definition) is 3. The number of hydrogen-bond acceptors (Lipinski definition) is 7. The van der Waals surface area contributed by atoms with Gasteiger partial charge in [0, 0.05) is 17.3 Å². The van der Waals surface area contributed by atoms with E-state index in [1.54, 1.807) is 64.2 Å². The number of amides is 3. The van der Waals surface area contributed by atoms with Crippen LogP contribution >= 0.6 is 22.9 Å². The van der Waals surface area contributed by atoms with E-state index in [1.165, 1.54) is 11.3 Å². The van der Waals surface area contributed by atoms with Gasteiger partial charge in [0.2, 0.25) is 5.91 Å². The molecule has 3 aromatic rings. The number of ether oxygens (including phenoxy) is 1. The molecule has 2 heterocycles. The summed E-state index contributed by atoms with van der Waals surface area (Å²) in [5.41, 5.74) is 1.52. The first kappa shape index (κ1) is 25.1. The fourth-order valence-electron chi connectivity index (χ4n) is 2.79. The number of rotatable bonds is 6. The molecule has 0 spiro atoms. The number of alkyl carbamates (subject to hydrolysis) is 1. The van der Waals surface area contributed by atoms with E-state index >= 15 is 0 Å². The predicted molar refractivity (Wildman–Crippen MR) is 132 cm³/mol. The van der Waals surface area contributed by atoms with Gasteiger partial charge in [0.05, 0.1) is 16.3 Å². The van der Waals surface area contributed by atoms with Crippen LogP contribution in [0.1, 0.15) is 36.8 Å². The quantitative estimate of drug-likeness (QED) is 0.413. The second-order valence-electron chi connectivity index (χ2n) is 8.22. The van der Waals surface area contributed by atoms with Crippen LogP contribution in [0, 0.1) is 6.92 Å². The van der Waals surface area contributed by atoms with Gasteiger partial charge in [0.15, 0.2) is 10.3 Å². The van der Waals surface area contributed by atoms with Gasteiger partial charge in [-0.3, -0.25) is 9.59 Å². The molecule has 3 amide bonds. The van der Waals surface area contributed by atoms with E-state index in [4.69, 9.17) is 16.3 Å². The molecule has 3 N–H and O–H groups in total. The zero-order valence-electron chi connectivity index (χ0n) is 19.1. The molecule has 0 saturated heterocycles. The minimum Gasteiger partial charge on any atom is -0.444 e. The van der Waals surface area contributed by atoms with E-state index in [-0.39, 0.29) is 17.6 Å². The summed E-state index contributed by atoms with van der Waals surface area (Å²) in [6.07, 6.45) is 0.882. The Morgan fingerprint density at radius 1 is 1.12 bits per heavy atom. The molecule has 3 rings (SSSR count). The third-order valence-electron chi connectivity index (χ3n) is 4.22. The molecule has 0 atom stereocenters. The highest BCUT2D eigenvalue weighted by Gasteiger charge is 2.18. The van der Waals surface area contributed by atoms with Gasteiger partial charge in [-0.1, -0.05) is 41.1 Å². The van der Waals surface area contributed by atoms with Crippen LogP contribution in [0.15, 0.2) is 42.6 Å². The topological polar surface area (TPSA) is 122 Å². The van der Waals surface area contributed by atoms with Crippen molar-refractivity contribution in [2.24, 2.45) is 0 Å². The summed E-state index contributed by atoms with van der Waals surface area (Å²) in [5, 5.41) is 8.32. The molecule has 0 aliphatic rings. The summed E-state index contributed by atoms with van der Waals surface area (Å²) in [5.74, 6) is -0.760. The van der Waals surface area contributed by atoms with E-state index in [1.807, 2.05) is 6.07 Å². The predicted octanol–water partition coefficient (Wildman–Crippen LogP) is 4.88. The van der Waals surface area contributed by atoms with Crippen molar-refractivity contribution < 1.29 is 19.1 Å². The smallest absolute Gasteiger partial charge is 0.408 e. The van der Waals surface area contributed by atoms with E-state index in [0.717, 1.165) is 4.88 Å². The molecule has 0 saturated carbocycles. The lowest BCUT2D eigenvalue weighted by Crippen LogP contribution is -2.37. The Bertz CT molecular complexity index is 1210. The van der Waals surface area contributed by atoms with E-state index in [0.29, 0.717) is 27.6 Å². The summed E-state index contributed by atoms with van der Waals surface area (Å²) in [4.78, 5) is 45.7. The first-order valence-electron chi connectivity index (χ1n) is 10.3. The van der Waals surface area contributed by atoms with Gasteiger partial charge in [-0.05, 0) is 45.9 Å². The summed E-state index contributed by atoms with van der Waals surface area (Å²) in [6, 6.07) is 10.4. The Hall–Kier alpha value is -3.50. The highest BCUT2D eigenvalue weighted by Crippen LogP contribution is 2.35. The minimum absolute atomic E-state index is 0.150. The second kappa shape index (κ2) is 10.6. The molecule has 0 unspecified atom stereocenters. The van der Waals surface area contributed by atoms with Gasteiger partial charge in [-0.2, -0.15) is 0 Å². The third kappa shape index (κ3) is 7.00. The van der Waals surface area contributed by atoms with Gasteiger partial charge in [0.25, 0.3) is 5.91 Å². The van der Waals surface area contributed by atoms with Crippen LogP contribution < -0.4 is 16.0 Å². The molecule has 1 aromatic carbocycles. The van der Waals surface area contributed by atoms with Crippen molar-refractivity contribution in [1.82, 2.24) is 15.3 Å². The molecule has 0 aliphatic carbocycles. The molecular weight excluding hydrogens is 478 g/mol. The molecule has 0 fully saturated rings. The highest BCUT2D eigenvalue weighted by atomic mass is 35.5. The Kier molecular flexibility index (Phi) is 7.85. The number of carbonyl (C=O) groups is 3. The van der Waals surface area contributed by atoms with Crippen molar-refractivity contribution in [1.29, 1.82) is 0 Å². The lowest BCUT2D eigenvalue weighted by atomic mass is 10.2. The van der Waals surface area contributed by atoms with Crippen molar-refractivity contribution in [2.45, 2.75) is 33.3 Å². The van der Waals surface area contributed by atoms with Crippen LogP contribution in [0.3, 0.4) is 0 Å². The van der Waals surface area contributed by atoms with Gasteiger partial charge < -0.3 is 20.7 Å². The number of aryl methyl sites for hydroxylation is 1. The number of benzene rings is 1. The second-order valence-corrected chi connectivity index (χ2v) is 9.58. The fourth-order valence-corrected chi connectivity index (χ4v) is 3.91. The lowest BCUT2D eigenvalue weighted by molar-refractivity contribution is -0.115. The van der Waals surface area contributed by atoms with E-state index in [2.05, 4.69) is 25.9 Å². The average Bonchev–Trinajstić information content (AvgIpc) is 3.13. The number of aromatic nitrogens is 2. The van der Waals surface area contributed by atoms with Crippen molar-refractivity contribution in [2.75, 3.05) is 17.2 Å². The number of halogens is 1. The standard InChI is InChI=1S/C23H24ClN5O4S/c1-13-18(34-21(27-13)29-17(30)12-26-22(32)33-23(2,3)4)15-10-16(19(24)25-11-15)28-20(31)14-8-6-5-7-9-14/h5-11H,12H2,1-4H3,(H,26,32)(H,28,31)(H,27,29,30). The number of thiazole rings is 1. The van der Waals surface area contributed by atoms with Gasteiger partial charge in [0.1, 0.15) is 12.1 Å². The Morgan fingerprint density at radius 2 is 1.82 bits per heavy atom. The van der Waals surface area contributed by atoms with Crippen LogP contribution in [0.4, 0.5) is 15.6 Å². The fraction of sp³-hybridized carbons (Fsp3) is 0.261. The zero-order valence-corrected chi connectivity index (χ0v) is 20.6. The van der Waals surface area contributed by atoms with Crippen molar-refractivity contribution in [3.63, 3.8) is 0 Å². The number of pyridine rings is 1. The molecule has 9 nitrogen and oxygen atoms in total. The molecule has 2 aromatic heterocycles. The molecule has 34 heavy (non-hydrogen) atoms. The molecular formula is C23H24ClN5O4S. The SMILES string of the molecule is Cc1nc(NC(=O)CNC(=O)OC(C)(C)C)sc1-c1cnc(Cl)c(NC(=O)c2ccccc2)c1. The van der Waals surface area contributed by atoms with Crippen LogP contribution in [0.25, 0.3) is 10.4 Å². The first-order valence-corrected chi connectivity index (χ1v) is 11.5. The van der Waals surface area contributed by atoms with Crippen LogP contribution in [-0.4, -0.2) is 40.0 Å². The minimum atomic E-state index is -0.684. The molecule has 0 radical (unpaired) electrons. The number of carbonyl (C=O) groups excluding carboxylic acids is 3. The van der Waals surface area contributed by atoms with Gasteiger partial charge in [-0.15, -0.1) is 0 Å². The van der Waals surface area contributed by atoms with Crippen molar-refractivity contribution >= 4 is 51.7 Å².